The molecule has 0 atom stereocenters. The van der Waals surface area contributed by atoms with Crippen molar-refractivity contribution in [1.82, 2.24) is 8.87 Å². The van der Waals surface area contributed by atoms with Crippen LogP contribution in [-0.2, 0) is 10.0 Å². The van der Waals surface area contributed by atoms with Crippen LogP contribution in [0.2, 0.25) is 0 Å². The number of benzene rings is 2. The van der Waals surface area contributed by atoms with Gasteiger partial charge in [-0.15, -0.1) is 0 Å². The highest BCUT2D eigenvalue weighted by Gasteiger charge is 2.23. The van der Waals surface area contributed by atoms with E-state index in [1.54, 1.807) is 30.5 Å². The second-order valence-electron chi connectivity index (χ2n) is 6.57. The molecule has 0 unspecified atom stereocenters. The van der Waals surface area contributed by atoms with Crippen molar-refractivity contribution in [3.8, 4) is 0 Å². The Kier molecular flexibility index (Phi) is 4.46. The van der Waals surface area contributed by atoms with Crippen molar-refractivity contribution in [3.63, 3.8) is 0 Å². The summed E-state index contributed by atoms with van der Waals surface area (Å²) in [5.74, 6) is 0. The minimum Gasteiger partial charge on any atom is -0.367 e. The molecule has 3 aromatic rings. The Bertz CT molecular complexity index is 1000. The first-order chi connectivity index (χ1) is 12.6. The Morgan fingerprint density at radius 3 is 2.31 bits per heavy atom. The fourth-order valence-electron chi connectivity index (χ4n) is 3.61. The van der Waals surface area contributed by atoms with Gasteiger partial charge in [-0.2, -0.15) is 0 Å². The van der Waals surface area contributed by atoms with Crippen LogP contribution in [0.25, 0.3) is 10.9 Å². The first-order valence-corrected chi connectivity index (χ1v) is 10.4. The normalized spacial score (nSPS) is 16.3. The summed E-state index contributed by atoms with van der Waals surface area (Å²) in [5, 5.41) is 0.944. The third-order valence-electron chi connectivity index (χ3n) is 5.12. The Labute approximate surface area is 154 Å². The predicted molar refractivity (Wildman–Crippen MR) is 105 cm³/mol. The molecular formula is C20H23N3O2S. The summed E-state index contributed by atoms with van der Waals surface area (Å²) in [4.78, 5) is 5.02. The number of para-hydroxylation sites is 1. The van der Waals surface area contributed by atoms with Crippen molar-refractivity contribution < 1.29 is 8.42 Å². The van der Waals surface area contributed by atoms with Gasteiger partial charge in [0.25, 0.3) is 10.0 Å². The molecule has 1 aliphatic heterocycles. The predicted octanol–water partition coefficient (Wildman–Crippen LogP) is 3.02. The van der Waals surface area contributed by atoms with Crippen molar-refractivity contribution >= 4 is 26.6 Å². The van der Waals surface area contributed by atoms with Gasteiger partial charge in [-0.05, 0) is 30.8 Å². The SMILES string of the molecule is CCN1CCN(c2cccc3ccn(S(=O)(=O)c4ccccc4)c23)CC1. The maximum absolute atomic E-state index is 13.2. The molecule has 0 bridgehead atoms. The Hall–Kier alpha value is -2.31. The Morgan fingerprint density at radius 2 is 1.62 bits per heavy atom. The van der Waals surface area contributed by atoms with Gasteiger partial charge in [0, 0.05) is 37.8 Å². The fourth-order valence-corrected chi connectivity index (χ4v) is 5.00. The number of rotatable bonds is 4. The van der Waals surface area contributed by atoms with E-state index in [9.17, 15) is 8.42 Å². The van der Waals surface area contributed by atoms with Gasteiger partial charge in [0.2, 0.25) is 0 Å². The number of likely N-dealkylation sites (N-methyl/N-ethyl adjacent to an activating group) is 1. The number of piperazine rings is 1. The number of anilines is 1. The van der Waals surface area contributed by atoms with Gasteiger partial charge in [0.1, 0.15) is 0 Å². The van der Waals surface area contributed by atoms with Crippen molar-refractivity contribution in [2.75, 3.05) is 37.6 Å². The van der Waals surface area contributed by atoms with Crippen LogP contribution in [0.3, 0.4) is 0 Å². The summed E-state index contributed by atoms with van der Waals surface area (Å²) < 4.78 is 27.8. The van der Waals surface area contributed by atoms with E-state index in [2.05, 4.69) is 16.7 Å². The molecule has 1 aromatic heterocycles. The minimum atomic E-state index is -3.62. The average Bonchev–Trinajstić information content (AvgIpc) is 3.14. The minimum absolute atomic E-state index is 0.308. The van der Waals surface area contributed by atoms with Gasteiger partial charge in [-0.25, -0.2) is 12.4 Å². The van der Waals surface area contributed by atoms with Crippen LogP contribution in [0.1, 0.15) is 6.92 Å². The third kappa shape index (κ3) is 2.89. The highest BCUT2D eigenvalue weighted by Crippen LogP contribution is 2.31. The maximum Gasteiger partial charge on any atom is 0.268 e. The fraction of sp³-hybridized carbons (Fsp3) is 0.300. The summed E-state index contributed by atoms with van der Waals surface area (Å²) in [7, 11) is -3.62. The van der Waals surface area contributed by atoms with Crippen molar-refractivity contribution in [2.45, 2.75) is 11.8 Å². The molecular weight excluding hydrogens is 346 g/mol. The van der Waals surface area contributed by atoms with Crippen molar-refractivity contribution in [2.24, 2.45) is 0 Å². The summed E-state index contributed by atoms with van der Waals surface area (Å²) >= 11 is 0. The van der Waals surface area contributed by atoms with E-state index in [0.29, 0.717) is 4.90 Å². The van der Waals surface area contributed by atoms with E-state index in [4.69, 9.17) is 0 Å². The lowest BCUT2D eigenvalue weighted by Gasteiger charge is -2.36. The van der Waals surface area contributed by atoms with E-state index in [1.807, 2.05) is 30.3 Å². The van der Waals surface area contributed by atoms with Crippen LogP contribution in [0.15, 0.2) is 65.7 Å². The van der Waals surface area contributed by atoms with E-state index >= 15 is 0 Å². The van der Waals surface area contributed by atoms with Crippen LogP contribution >= 0.6 is 0 Å². The average molecular weight is 369 g/mol. The zero-order valence-corrected chi connectivity index (χ0v) is 15.7. The van der Waals surface area contributed by atoms with Gasteiger partial charge in [-0.1, -0.05) is 37.3 Å². The topological polar surface area (TPSA) is 45.5 Å². The number of hydrogen-bond donors (Lipinski definition) is 0. The smallest absolute Gasteiger partial charge is 0.268 e. The van der Waals surface area contributed by atoms with E-state index in [-0.39, 0.29) is 0 Å². The molecule has 136 valence electrons. The molecule has 1 saturated heterocycles. The lowest BCUT2D eigenvalue weighted by atomic mass is 10.2. The van der Waals surface area contributed by atoms with Crippen LogP contribution in [0.4, 0.5) is 5.69 Å². The number of nitrogens with zero attached hydrogens (tertiary/aromatic N) is 3. The Balaban J connectivity index is 1.81. The summed E-state index contributed by atoms with van der Waals surface area (Å²) in [6.45, 7) is 7.04. The summed E-state index contributed by atoms with van der Waals surface area (Å²) in [6.07, 6.45) is 1.67. The summed E-state index contributed by atoms with van der Waals surface area (Å²) in [6, 6.07) is 16.5. The standard InChI is InChI=1S/C20H23N3O2S/c1-2-21-13-15-22(16-14-21)19-10-6-7-17-11-12-23(20(17)19)26(24,25)18-8-4-3-5-9-18/h3-12H,2,13-16H2,1H3. The highest BCUT2D eigenvalue weighted by molar-refractivity contribution is 7.90. The van der Waals surface area contributed by atoms with E-state index in [0.717, 1.165) is 49.3 Å². The van der Waals surface area contributed by atoms with Crippen LogP contribution < -0.4 is 4.90 Å². The molecule has 2 heterocycles. The molecule has 0 aliphatic carbocycles. The highest BCUT2D eigenvalue weighted by atomic mass is 32.2. The molecule has 0 saturated carbocycles. The van der Waals surface area contributed by atoms with Gasteiger partial charge in [0.05, 0.1) is 16.1 Å². The molecule has 26 heavy (non-hydrogen) atoms. The summed E-state index contributed by atoms with van der Waals surface area (Å²) in [5.41, 5.74) is 1.75. The third-order valence-corrected chi connectivity index (χ3v) is 6.81. The van der Waals surface area contributed by atoms with Crippen molar-refractivity contribution in [3.05, 3.63) is 60.8 Å². The van der Waals surface area contributed by atoms with Crippen LogP contribution in [-0.4, -0.2) is 50.0 Å². The molecule has 2 aromatic carbocycles. The van der Waals surface area contributed by atoms with Crippen LogP contribution in [0, 0.1) is 0 Å². The lowest BCUT2D eigenvalue weighted by Crippen LogP contribution is -2.46. The number of hydrogen-bond acceptors (Lipinski definition) is 4. The van der Waals surface area contributed by atoms with Gasteiger partial charge in [0.15, 0.2) is 0 Å². The van der Waals surface area contributed by atoms with Gasteiger partial charge < -0.3 is 9.80 Å². The monoisotopic (exact) mass is 369 g/mol. The second-order valence-corrected chi connectivity index (χ2v) is 8.38. The van der Waals surface area contributed by atoms with E-state index in [1.165, 1.54) is 3.97 Å². The zero-order chi connectivity index (χ0) is 18.1. The zero-order valence-electron chi connectivity index (χ0n) is 14.9. The lowest BCUT2D eigenvalue weighted by molar-refractivity contribution is 0.271. The molecule has 0 radical (unpaired) electrons. The maximum atomic E-state index is 13.2. The molecule has 0 amide bonds. The number of fused-ring (bicyclic) bond motifs is 1. The molecule has 6 heteroatoms. The quantitative estimate of drug-likeness (QED) is 0.709. The number of aromatic nitrogens is 1. The Morgan fingerprint density at radius 1 is 0.885 bits per heavy atom. The molecule has 0 spiro atoms. The molecule has 1 aliphatic rings. The van der Waals surface area contributed by atoms with Gasteiger partial charge in [-0.3, -0.25) is 0 Å². The molecule has 5 nitrogen and oxygen atoms in total. The molecule has 1 fully saturated rings. The van der Waals surface area contributed by atoms with E-state index < -0.39 is 10.0 Å². The largest absolute Gasteiger partial charge is 0.367 e. The van der Waals surface area contributed by atoms with Gasteiger partial charge >= 0.3 is 0 Å². The van der Waals surface area contributed by atoms with Crippen molar-refractivity contribution in [1.29, 1.82) is 0 Å². The molecule has 4 rings (SSSR count). The second kappa shape index (κ2) is 6.78. The molecule has 0 N–H and O–H groups in total. The first kappa shape index (κ1) is 17.1. The first-order valence-electron chi connectivity index (χ1n) is 8.99. The van der Waals surface area contributed by atoms with Crippen LogP contribution in [0.5, 0.6) is 0 Å².